The minimum absolute atomic E-state index is 0.153. The summed E-state index contributed by atoms with van der Waals surface area (Å²) in [6, 6.07) is 0. The van der Waals surface area contributed by atoms with E-state index in [9.17, 15) is 5.21 Å². The van der Waals surface area contributed by atoms with Crippen LogP contribution in [-0.2, 0) is 0 Å². The highest BCUT2D eigenvalue weighted by molar-refractivity contribution is 5.82. The minimum Gasteiger partial charge on any atom is -0.774 e. The molecular weight excluding hydrogens is 192 g/mol. The summed E-state index contributed by atoms with van der Waals surface area (Å²) in [5.74, 6) is 6.52. The first-order valence-corrected chi connectivity index (χ1v) is 3.55. The van der Waals surface area contributed by atoms with Gasteiger partial charge >= 0.3 is 0 Å². The quantitative estimate of drug-likeness (QED) is 0.511. The van der Waals surface area contributed by atoms with Crippen LogP contribution in [0.5, 0.6) is 0 Å². The lowest BCUT2D eigenvalue weighted by Crippen LogP contribution is -2.29. The van der Waals surface area contributed by atoms with E-state index in [4.69, 9.17) is 5.84 Å². The maximum absolute atomic E-state index is 10.8. The molecular formula is C4H3N8O2-. The highest BCUT2D eigenvalue weighted by atomic mass is 16.6. The van der Waals surface area contributed by atoms with Crippen LogP contribution in [0.25, 0.3) is 0 Å². The Morgan fingerprint density at radius 2 is 2.07 bits per heavy atom. The van der Waals surface area contributed by atoms with Gasteiger partial charge in [0, 0.05) is 0 Å². The Balaban J connectivity index is 2.19. The topological polar surface area (TPSA) is 134 Å². The number of hydrogen-bond acceptors (Lipinski definition) is 9. The second kappa shape index (κ2) is 2.11. The van der Waals surface area contributed by atoms with Crippen LogP contribution in [0.3, 0.4) is 0 Å². The highest BCUT2D eigenvalue weighted by Gasteiger charge is 2.28. The molecule has 0 fully saturated rings. The number of nitrogens with zero attached hydrogens (tertiary/aromatic N) is 6. The van der Waals surface area contributed by atoms with Gasteiger partial charge in [-0.3, -0.25) is 0 Å². The summed E-state index contributed by atoms with van der Waals surface area (Å²) in [5, 5.41) is 28.6. The summed E-state index contributed by atoms with van der Waals surface area (Å²) in [6.45, 7) is 0. The number of rotatable bonds is 0. The summed E-state index contributed by atoms with van der Waals surface area (Å²) < 4.78 is 4.44. The first-order valence-electron chi connectivity index (χ1n) is 3.55. The lowest BCUT2D eigenvalue weighted by molar-refractivity contribution is 0.309. The largest absolute Gasteiger partial charge is 0.774 e. The minimum atomic E-state index is 0.153. The highest BCUT2D eigenvalue weighted by Crippen LogP contribution is 2.36. The molecule has 2 aromatic heterocycles. The van der Waals surface area contributed by atoms with Gasteiger partial charge in [-0.15, -0.1) is 10.2 Å². The van der Waals surface area contributed by atoms with Crippen molar-refractivity contribution in [1.82, 2.24) is 25.5 Å². The van der Waals surface area contributed by atoms with Crippen LogP contribution in [0.4, 0.5) is 23.3 Å². The molecule has 1 aliphatic heterocycles. The van der Waals surface area contributed by atoms with Crippen molar-refractivity contribution in [1.29, 1.82) is 0 Å². The predicted molar refractivity (Wildman–Crippen MR) is 42.7 cm³/mol. The molecule has 0 amide bonds. The molecule has 0 radical (unpaired) electrons. The van der Waals surface area contributed by atoms with Crippen molar-refractivity contribution in [3.8, 4) is 0 Å². The fourth-order valence-electron chi connectivity index (χ4n) is 1.16. The first kappa shape index (κ1) is 7.08. The third kappa shape index (κ3) is 0.719. The van der Waals surface area contributed by atoms with Crippen LogP contribution < -0.4 is 16.2 Å². The van der Waals surface area contributed by atoms with E-state index in [1.165, 1.54) is 0 Å². The third-order valence-corrected chi connectivity index (χ3v) is 1.74. The fraction of sp³-hybridized carbons (Fsp3) is 0. The van der Waals surface area contributed by atoms with Gasteiger partial charge < -0.3 is 10.5 Å². The van der Waals surface area contributed by atoms with E-state index < -0.39 is 0 Å². The standard InChI is InChI=1S/C4H3N8O2/c5-11-3-1(7-12(13)8-3)6-2-4(11)10-14-9-2/h5H2,(H,6,7,9)/q-1. The summed E-state index contributed by atoms with van der Waals surface area (Å²) in [7, 11) is 0. The monoisotopic (exact) mass is 195 g/mol. The van der Waals surface area contributed by atoms with Crippen molar-refractivity contribution in [2.24, 2.45) is 5.84 Å². The zero-order valence-electron chi connectivity index (χ0n) is 6.58. The van der Waals surface area contributed by atoms with Crippen molar-refractivity contribution in [3.63, 3.8) is 0 Å². The molecule has 0 aromatic carbocycles. The summed E-state index contributed by atoms with van der Waals surface area (Å²) in [6.07, 6.45) is 0. The van der Waals surface area contributed by atoms with Gasteiger partial charge in [0.05, 0.1) is 0 Å². The summed E-state index contributed by atoms with van der Waals surface area (Å²) in [4.78, 5) is 0.153. The fourth-order valence-corrected chi connectivity index (χ4v) is 1.16. The van der Waals surface area contributed by atoms with Gasteiger partial charge in [-0.1, -0.05) is 0 Å². The van der Waals surface area contributed by atoms with Crippen molar-refractivity contribution < 1.29 is 4.63 Å². The number of nitrogens with two attached hydrogens (primary N) is 1. The molecule has 0 atom stereocenters. The number of hydrazine groups is 1. The Morgan fingerprint density at radius 3 is 2.93 bits per heavy atom. The molecule has 0 saturated heterocycles. The van der Waals surface area contributed by atoms with E-state index in [0.29, 0.717) is 5.82 Å². The van der Waals surface area contributed by atoms with Crippen LogP contribution >= 0.6 is 0 Å². The number of hydrogen-bond donors (Lipinski definition) is 2. The average molecular weight is 195 g/mol. The second-order valence-electron chi connectivity index (χ2n) is 2.56. The Kier molecular flexibility index (Phi) is 1.07. The molecule has 2 aromatic rings. The molecule has 72 valence electrons. The summed E-state index contributed by atoms with van der Waals surface area (Å²) in [5.41, 5.74) is 0. The van der Waals surface area contributed by atoms with E-state index in [-0.39, 0.29) is 22.4 Å². The Morgan fingerprint density at radius 1 is 1.21 bits per heavy atom. The molecule has 1 aliphatic rings. The van der Waals surface area contributed by atoms with E-state index in [2.05, 4.69) is 30.5 Å². The van der Waals surface area contributed by atoms with Gasteiger partial charge in [0.2, 0.25) is 17.5 Å². The van der Waals surface area contributed by atoms with Gasteiger partial charge in [0.25, 0.3) is 0 Å². The van der Waals surface area contributed by atoms with E-state index >= 15 is 0 Å². The van der Waals surface area contributed by atoms with E-state index in [1.807, 2.05) is 0 Å². The molecule has 0 spiro atoms. The molecule has 10 heteroatoms. The average Bonchev–Trinajstić information content (AvgIpc) is 2.71. The second-order valence-corrected chi connectivity index (χ2v) is 2.56. The van der Waals surface area contributed by atoms with Crippen molar-refractivity contribution in [2.45, 2.75) is 0 Å². The maximum atomic E-state index is 10.8. The number of aromatic nitrogens is 5. The van der Waals surface area contributed by atoms with Crippen molar-refractivity contribution in [2.75, 3.05) is 10.3 Å². The molecule has 0 aliphatic carbocycles. The Bertz CT molecular complexity index is 487. The maximum Gasteiger partial charge on any atom is 0.238 e. The molecule has 0 bridgehead atoms. The smallest absolute Gasteiger partial charge is 0.238 e. The number of fused-ring (bicyclic) bond motifs is 2. The van der Waals surface area contributed by atoms with Crippen LogP contribution in [0.2, 0.25) is 0 Å². The van der Waals surface area contributed by atoms with Gasteiger partial charge in [-0.05, 0) is 10.3 Å². The molecule has 3 heterocycles. The van der Waals surface area contributed by atoms with Crippen LogP contribution in [0.1, 0.15) is 0 Å². The molecule has 3 rings (SSSR count). The zero-order valence-corrected chi connectivity index (χ0v) is 6.58. The lowest BCUT2D eigenvalue weighted by atomic mass is 10.4. The van der Waals surface area contributed by atoms with Gasteiger partial charge in [-0.2, -0.15) is 0 Å². The Hall–Kier alpha value is -2.36. The Labute approximate surface area is 75.8 Å². The zero-order chi connectivity index (χ0) is 9.71. The van der Waals surface area contributed by atoms with E-state index in [0.717, 1.165) is 5.01 Å². The normalized spacial score (nSPS) is 13.4. The molecule has 3 N–H and O–H groups in total. The number of nitrogens with one attached hydrogen (secondary N) is 1. The van der Waals surface area contributed by atoms with Gasteiger partial charge in [-0.25, -0.2) is 20.4 Å². The van der Waals surface area contributed by atoms with Gasteiger partial charge in [0.15, 0.2) is 5.82 Å². The SMILES string of the molecule is NN1c2nonc2Nc2nn([O-])nc21. The van der Waals surface area contributed by atoms with Gasteiger partial charge in [0.1, 0.15) is 0 Å². The molecule has 14 heavy (non-hydrogen) atoms. The molecule has 0 unspecified atom stereocenters. The predicted octanol–water partition coefficient (Wildman–Crippen LogP) is -0.924. The molecule has 0 saturated carbocycles. The van der Waals surface area contributed by atoms with Crippen LogP contribution in [0.15, 0.2) is 4.63 Å². The van der Waals surface area contributed by atoms with Crippen LogP contribution in [0, 0.1) is 5.21 Å². The van der Waals surface area contributed by atoms with Crippen molar-refractivity contribution in [3.05, 3.63) is 5.21 Å². The first-order chi connectivity index (χ1) is 6.75. The molecule has 10 nitrogen and oxygen atoms in total. The summed E-state index contributed by atoms with van der Waals surface area (Å²) >= 11 is 0. The van der Waals surface area contributed by atoms with E-state index in [1.54, 1.807) is 0 Å². The lowest BCUT2D eigenvalue weighted by Gasteiger charge is -2.17. The van der Waals surface area contributed by atoms with Crippen LogP contribution in [-0.4, -0.2) is 25.5 Å². The van der Waals surface area contributed by atoms with Crippen molar-refractivity contribution >= 4 is 23.3 Å². The number of anilines is 4. The third-order valence-electron chi connectivity index (χ3n) is 1.74.